The summed E-state index contributed by atoms with van der Waals surface area (Å²) >= 11 is 0. The third-order valence-corrected chi connectivity index (χ3v) is 6.97. The van der Waals surface area contributed by atoms with Crippen LogP contribution < -0.4 is 5.32 Å². The number of piperidine rings is 1. The molecule has 1 aromatic carbocycles. The number of hydrogen-bond donors (Lipinski definition) is 1. The molecule has 1 aromatic rings. The molecule has 8 heteroatoms. The largest absolute Gasteiger partial charge is 0.478 e. The fraction of sp³-hybridized carbons (Fsp3) is 0.474. The summed E-state index contributed by atoms with van der Waals surface area (Å²) < 4.78 is 32.8. The monoisotopic (exact) mass is 389 g/mol. The molecule has 0 spiro atoms. The summed E-state index contributed by atoms with van der Waals surface area (Å²) in [5.41, 5.74) is 0.707. The lowest BCUT2D eigenvalue weighted by atomic mass is 10.0. The van der Waals surface area contributed by atoms with Gasteiger partial charge in [0.1, 0.15) is 6.07 Å². The molecular weight excluding hydrogens is 366 g/mol. The Balaban J connectivity index is 1.76. The Morgan fingerprint density at radius 2 is 2.07 bits per heavy atom. The molecule has 1 saturated heterocycles. The molecule has 0 unspecified atom stereocenters. The number of hydrogen-bond acceptors (Lipinski definition) is 5. The SMILES string of the molecule is CC[C@@H]1CCCCN1S(=O)(=O)c1ccc(C(=O)NC2=C(C#N)CCO2)cc1. The van der Waals surface area contributed by atoms with E-state index in [1.807, 2.05) is 13.0 Å². The molecule has 1 amide bonds. The lowest BCUT2D eigenvalue weighted by molar-refractivity contribution is 0.0930. The number of amides is 1. The molecule has 2 heterocycles. The molecule has 144 valence electrons. The van der Waals surface area contributed by atoms with E-state index >= 15 is 0 Å². The van der Waals surface area contributed by atoms with Crippen molar-refractivity contribution in [1.82, 2.24) is 9.62 Å². The van der Waals surface area contributed by atoms with Gasteiger partial charge in [0, 0.05) is 24.6 Å². The van der Waals surface area contributed by atoms with Crippen molar-refractivity contribution in [1.29, 1.82) is 5.26 Å². The number of carbonyl (C=O) groups is 1. The zero-order valence-corrected chi connectivity index (χ0v) is 16.1. The van der Waals surface area contributed by atoms with Crippen molar-refractivity contribution in [3.05, 3.63) is 41.3 Å². The van der Waals surface area contributed by atoms with Crippen LogP contribution in [0.4, 0.5) is 0 Å². The van der Waals surface area contributed by atoms with Crippen molar-refractivity contribution >= 4 is 15.9 Å². The molecule has 7 nitrogen and oxygen atoms in total. The molecule has 3 rings (SSSR count). The summed E-state index contributed by atoms with van der Waals surface area (Å²) in [6, 6.07) is 7.91. The van der Waals surface area contributed by atoms with Crippen molar-refractivity contribution in [2.75, 3.05) is 13.2 Å². The van der Waals surface area contributed by atoms with E-state index in [-0.39, 0.29) is 16.8 Å². The van der Waals surface area contributed by atoms with Gasteiger partial charge in [0.25, 0.3) is 5.91 Å². The van der Waals surface area contributed by atoms with Crippen LogP contribution in [0.1, 0.15) is 49.4 Å². The standard InChI is InChI=1S/C19H23N3O4S/c1-2-16-5-3-4-11-22(16)27(24,25)17-8-6-14(7-9-17)18(23)21-19-15(13-20)10-12-26-19/h6-9,16H,2-5,10-12H2,1H3,(H,21,23)/t16-/m1/s1. The number of ether oxygens (including phenoxy) is 1. The minimum Gasteiger partial charge on any atom is -0.478 e. The highest BCUT2D eigenvalue weighted by molar-refractivity contribution is 7.89. The van der Waals surface area contributed by atoms with Gasteiger partial charge in [0.2, 0.25) is 15.9 Å². The van der Waals surface area contributed by atoms with Crippen molar-refractivity contribution in [2.24, 2.45) is 0 Å². The Morgan fingerprint density at radius 1 is 1.33 bits per heavy atom. The van der Waals surface area contributed by atoms with Gasteiger partial charge >= 0.3 is 0 Å². The number of benzene rings is 1. The van der Waals surface area contributed by atoms with E-state index < -0.39 is 15.9 Å². The molecule has 0 aliphatic carbocycles. The van der Waals surface area contributed by atoms with Crippen LogP contribution in [0.3, 0.4) is 0 Å². The fourth-order valence-electron chi connectivity index (χ4n) is 3.46. The molecule has 2 aliphatic heterocycles. The topological polar surface area (TPSA) is 99.5 Å². The number of sulfonamides is 1. The van der Waals surface area contributed by atoms with Crippen molar-refractivity contribution in [3.63, 3.8) is 0 Å². The summed E-state index contributed by atoms with van der Waals surface area (Å²) in [6.07, 6.45) is 4.05. The van der Waals surface area contributed by atoms with Gasteiger partial charge in [-0.1, -0.05) is 13.3 Å². The van der Waals surface area contributed by atoms with Crippen LogP contribution in [0.15, 0.2) is 40.6 Å². The van der Waals surface area contributed by atoms with Crippen LogP contribution in [-0.4, -0.2) is 37.8 Å². The van der Waals surface area contributed by atoms with Gasteiger partial charge in [-0.3, -0.25) is 10.1 Å². The van der Waals surface area contributed by atoms with Gasteiger partial charge in [-0.2, -0.15) is 9.57 Å². The molecule has 1 atom stereocenters. The molecule has 0 aromatic heterocycles. The third kappa shape index (κ3) is 3.99. The Morgan fingerprint density at radius 3 is 2.74 bits per heavy atom. The minimum atomic E-state index is -3.58. The van der Waals surface area contributed by atoms with Gasteiger partial charge in [-0.15, -0.1) is 0 Å². The number of nitriles is 1. The second-order valence-corrected chi connectivity index (χ2v) is 8.56. The molecule has 0 saturated carbocycles. The maximum Gasteiger partial charge on any atom is 0.257 e. The average molecular weight is 389 g/mol. The summed E-state index contributed by atoms with van der Waals surface area (Å²) in [7, 11) is -3.58. The smallest absolute Gasteiger partial charge is 0.257 e. The van der Waals surface area contributed by atoms with E-state index in [2.05, 4.69) is 5.32 Å². The van der Waals surface area contributed by atoms with Gasteiger partial charge in [-0.05, 0) is 43.5 Å². The summed E-state index contributed by atoms with van der Waals surface area (Å²) in [6.45, 7) is 2.90. The molecule has 2 aliphatic rings. The van der Waals surface area contributed by atoms with E-state index in [1.54, 1.807) is 4.31 Å². The first-order valence-corrected chi connectivity index (χ1v) is 10.6. The normalized spacial score (nSPS) is 20.8. The second kappa shape index (κ2) is 8.11. The maximum atomic E-state index is 13.0. The fourth-order valence-corrected chi connectivity index (χ4v) is 5.23. The molecular formula is C19H23N3O4S. The van der Waals surface area contributed by atoms with Crippen LogP contribution in [-0.2, 0) is 14.8 Å². The first-order chi connectivity index (χ1) is 13.0. The van der Waals surface area contributed by atoms with E-state index in [0.717, 1.165) is 25.7 Å². The van der Waals surface area contributed by atoms with Crippen molar-refractivity contribution in [2.45, 2.75) is 50.0 Å². The molecule has 0 bridgehead atoms. The maximum absolute atomic E-state index is 13.0. The molecule has 27 heavy (non-hydrogen) atoms. The van der Waals surface area contributed by atoms with Crippen LogP contribution in [0.5, 0.6) is 0 Å². The predicted molar refractivity (Wildman–Crippen MR) is 98.9 cm³/mol. The van der Waals surface area contributed by atoms with E-state index in [0.29, 0.717) is 30.7 Å². The third-order valence-electron chi connectivity index (χ3n) is 5.00. The van der Waals surface area contributed by atoms with Crippen LogP contribution in [0.2, 0.25) is 0 Å². The van der Waals surface area contributed by atoms with Crippen LogP contribution in [0, 0.1) is 11.3 Å². The van der Waals surface area contributed by atoms with Crippen LogP contribution >= 0.6 is 0 Å². The Hall–Kier alpha value is -2.37. The van der Waals surface area contributed by atoms with Crippen molar-refractivity contribution in [3.8, 4) is 6.07 Å². The Labute approximate surface area is 159 Å². The first kappa shape index (κ1) is 19.4. The lowest BCUT2D eigenvalue weighted by Gasteiger charge is -2.34. The summed E-state index contributed by atoms with van der Waals surface area (Å²) in [5.74, 6) is -0.258. The van der Waals surface area contributed by atoms with Crippen molar-refractivity contribution < 1.29 is 17.9 Å². The first-order valence-electron chi connectivity index (χ1n) is 9.16. The van der Waals surface area contributed by atoms with Gasteiger partial charge in [0.15, 0.2) is 0 Å². The zero-order chi connectivity index (χ0) is 19.4. The molecule has 0 radical (unpaired) electrons. The number of nitrogens with one attached hydrogen (secondary N) is 1. The van der Waals surface area contributed by atoms with Gasteiger partial charge < -0.3 is 4.74 Å². The van der Waals surface area contributed by atoms with E-state index in [1.165, 1.54) is 24.3 Å². The quantitative estimate of drug-likeness (QED) is 0.834. The van der Waals surface area contributed by atoms with Crippen LogP contribution in [0.25, 0.3) is 0 Å². The zero-order valence-electron chi connectivity index (χ0n) is 15.3. The predicted octanol–water partition coefficient (Wildman–Crippen LogP) is 2.53. The number of carbonyl (C=O) groups excluding carboxylic acids is 1. The Kier molecular flexibility index (Phi) is 5.82. The van der Waals surface area contributed by atoms with Gasteiger partial charge in [0.05, 0.1) is 17.1 Å². The number of nitrogens with zero attached hydrogens (tertiary/aromatic N) is 2. The average Bonchev–Trinajstić information content (AvgIpc) is 3.15. The molecule has 1 fully saturated rings. The molecule has 1 N–H and O–H groups in total. The van der Waals surface area contributed by atoms with E-state index in [4.69, 9.17) is 10.00 Å². The van der Waals surface area contributed by atoms with Gasteiger partial charge in [-0.25, -0.2) is 8.42 Å². The summed E-state index contributed by atoms with van der Waals surface area (Å²) in [4.78, 5) is 12.5. The number of rotatable bonds is 5. The highest BCUT2D eigenvalue weighted by atomic mass is 32.2. The lowest BCUT2D eigenvalue weighted by Crippen LogP contribution is -2.43. The summed E-state index contributed by atoms with van der Waals surface area (Å²) in [5, 5.41) is 11.6. The van der Waals surface area contributed by atoms with E-state index in [9.17, 15) is 13.2 Å². The highest BCUT2D eigenvalue weighted by Gasteiger charge is 2.32. The Bertz CT molecular complexity index is 885. The second-order valence-electron chi connectivity index (χ2n) is 6.67. The minimum absolute atomic E-state index is 0.0302. The highest BCUT2D eigenvalue weighted by Crippen LogP contribution is 2.27.